The Balaban J connectivity index is 1.89. The Morgan fingerprint density at radius 1 is 1.15 bits per heavy atom. The lowest BCUT2D eigenvalue weighted by Crippen LogP contribution is -2.38. The Morgan fingerprint density at radius 2 is 1.85 bits per heavy atom. The summed E-state index contributed by atoms with van der Waals surface area (Å²) in [5.74, 6) is -0.778. The minimum absolute atomic E-state index is 0.164. The number of ether oxygens (including phenoxy) is 1. The van der Waals surface area contributed by atoms with Gasteiger partial charge in [0, 0.05) is 18.1 Å². The molecule has 108 valence electrons. The van der Waals surface area contributed by atoms with Gasteiger partial charge in [0.25, 0.3) is 5.91 Å². The Morgan fingerprint density at radius 3 is 2.50 bits per heavy atom. The van der Waals surface area contributed by atoms with Crippen LogP contribution >= 0.6 is 23.2 Å². The highest BCUT2D eigenvalue weighted by molar-refractivity contribution is 6.36. The second-order valence-corrected chi connectivity index (χ2v) is 5.49. The van der Waals surface area contributed by atoms with E-state index in [2.05, 4.69) is 0 Å². The number of halogens is 2. The van der Waals surface area contributed by atoms with Gasteiger partial charge in [-0.05, 0) is 37.5 Å². The quantitative estimate of drug-likeness (QED) is 0.805. The van der Waals surface area contributed by atoms with Crippen molar-refractivity contribution in [2.45, 2.75) is 19.3 Å². The number of amides is 1. The highest BCUT2D eigenvalue weighted by atomic mass is 35.5. The molecule has 0 aromatic heterocycles. The monoisotopic (exact) mass is 315 g/mol. The van der Waals surface area contributed by atoms with E-state index in [1.807, 2.05) is 0 Å². The third kappa shape index (κ3) is 3.87. The fourth-order valence-electron chi connectivity index (χ4n) is 2.09. The minimum Gasteiger partial charge on any atom is -0.452 e. The summed E-state index contributed by atoms with van der Waals surface area (Å²) in [7, 11) is 0. The van der Waals surface area contributed by atoms with E-state index in [0.29, 0.717) is 5.02 Å². The molecule has 2 rings (SSSR count). The van der Waals surface area contributed by atoms with Crippen molar-refractivity contribution in [1.29, 1.82) is 0 Å². The van der Waals surface area contributed by atoms with E-state index < -0.39 is 5.97 Å². The molecule has 0 N–H and O–H groups in total. The van der Waals surface area contributed by atoms with Crippen molar-refractivity contribution in [3.8, 4) is 0 Å². The minimum atomic E-state index is -0.614. The summed E-state index contributed by atoms with van der Waals surface area (Å²) in [6, 6.07) is 4.50. The summed E-state index contributed by atoms with van der Waals surface area (Å²) in [6.07, 6.45) is 3.15. The number of likely N-dealkylation sites (tertiary alicyclic amines) is 1. The molecule has 0 radical (unpaired) electrons. The summed E-state index contributed by atoms with van der Waals surface area (Å²) >= 11 is 11.7. The Bertz CT molecular complexity index is 513. The fraction of sp³-hybridized carbons (Fsp3) is 0.429. The van der Waals surface area contributed by atoms with Crippen molar-refractivity contribution in [1.82, 2.24) is 4.90 Å². The number of piperidine rings is 1. The standard InChI is InChI=1S/C14H15Cl2NO3/c15-10-4-5-11(12(16)8-10)14(19)20-9-13(18)17-6-2-1-3-7-17/h4-5,8H,1-3,6-7,9H2. The molecule has 1 aromatic carbocycles. The fourth-order valence-corrected chi connectivity index (χ4v) is 2.58. The van der Waals surface area contributed by atoms with Gasteiger partial charge in [0.05, 0.1) is 10.6 Å². The van der Waals surface area contributed by atoms with Gasteiger partial charge in [-0.3, -0.25) is 4.79 Å². The molecule has 20 heavy (non-hydrogen) atoms. The van der Waals surface area contributed by atoms with Crippen molar-refractivity contribution < 1.29 is 14.3 Å². The summed E-state index contributed by atoms with van der Waals surface area (Å²) in [6.45, 7) is 1.22. The molecule has 1 aliphatic heterocycles. The lowest BCUT2D eigenvalue weighted by Gasteiger charge is -2.26. The maximum absolute atomic E-state index is 11.9. The zero-order valence-electron chi connectivity index (χ0n) is 10.9. The second-order valence-electron chi connectivity index (χ2n) is 4.64. The average molecular weight is 316 g/mol. The molecule has 0 aliphatic carbocycles. The van der Waals surface area contributed by atoms with Gasteiger partial charge in [-0.25, -0.2) is 4.79 Å². The summed E-state index contributed by atoms with van der Waals surface area (Å²) in [4.78, 5) is 25.4. The largest absolute Gasteiger partial charge is 0.452 e. The maximum atomic E-state index is 11.9. The number of rotatable bonds is 3. The van der Waals surface area contributed by atoms with Gasteiger partial charge in [-0.1, -0.05) is 23.2 Å². The van der Waals surface area contributed by atoms with Gasteiger partial charge in [0.1, 0.15) is 0 Å². The van der Waals surface area contributed by atoms with Crippen LogP contribution in [0.4, 0.5) is 0 Å². The number of hydrogen-bond donors (Lipinski definition) is 0. The Labute approximate surface area is 127 Å². The smallest absolute Gasteiger partial charge is 0.340 e. The third-order valence-electron chi connectivity index (χ3n) is 3.19. The van der Waals surface area contributed by atoms with E-state index >= 15 is 0 Å². The van der Waals surface area contributed by atoms with Gasteiger partial charge < -0.3 is 9.64 Å². The van der Waals surface area contributed by atoms with E-state index in [-0.39, 0.29) is 23.1 Å². The van der Waals surface area contributed by atoms with Crippen LogP contribution in [0.3, 0.4) is 0 Å². The van der Waals surface area contributed by atoms with E-state index in [1.165, 1.54) is 12.1 Å². The topological polar surface area (TPSA) is 46.6 Å². The highest BCUT2D eigenvalue weighted by Crippen LogP contribution is 2.21. The first-order valence-corrected chi connectivity index (χ1v) is 7.23. The molecular formula is C14H15Cl2NO3. The molecular weight excluding hydrogens is 301 g/mol. The zero-order chi connectivity index (χ0) is 14.5. The van der Waals surface area contributed by atoms with Gasteiger partial charge in [-0.15, -0.1) is 0 Å². The number of esters is 1. The van der Waals surface area contributed by atoms with Crippen LogP contribution in [0.2, 0.25) is 10.0 Å². The lowest BCUT2D eigenvalue weighted by atomic mass is 10.1. The summed E-state index contributed by atoms with van der Waals surface area (Å²) < 4.78 is 5.01. The SMILES string of the molecule is O=C(OCC(=O)N1CCCCC1)c1ccc(Cl)cc1Cl. The van der Waals surface area contributed by atoms with Crippen LogP contribution in [0.25, 0.3) is 0 Å². The predicted molar refractivity (Wildman–Crippen MR) is 77.2 cm³/mol. The highest BCUT2D eigenvalue weighted by Gasteiger charge is 2.19. The normalized spacial score (nSPS) is 15.0. The van der Waals surface area contributed by atoms with Crippen LogP contribution in [0.5, 0.6) is 0 Å². The third-order valence-corrected chi connectivity index (χ3v) is 3.73. The molecule has 0 atom stereocenters. The second kappa shape index (κ2) is 6.95. The van der Waals surface area contributed by atoms with Crippen molar-refractivity contribution in [2.24, 2.45) is 0 Å². The average Bonchev–Trinajstić information content (AvgIpc) is 2.45. The van der Waals surface area contributed by atoms with Crippen molar-refractivity contribution in [3.05, 3.63) is 33.8 Å². The molecule has 6 heteroatoms. The Kier molecular flexibility index (Phi) is 5.26. The summed E-state index contributed by atoms with van der Waals surface area (Å²) in [5, 5.41) is 0.656. The number of carbonyl (C=O) groups is 2. The van der Waals surface area contributed by atoms with Gasteiger partial charge in [-0.2, -0.15) is 0 Å². The molecule has 0 saturated carbocycles. The van der Waals surface area contributed by atoms with Crippen molar-refractivity contribution in [3.63, 3.8) is 0 Å². The molecule has 4 nitrogen and oxygen atoms in total. The molecule has 1 saturated heterocycles. The number of hydrogen-bond acceptors (Lipinski definition) is 3. The summed E-state index contributed by atoms with van der Waals surface area (Å²) in [5.41, 5.74) is 0.211. The van der Waals surface area contributed by atoms with E-state index in [9.17, 15) is 9.59 Å². The van der Waals surface area contributed by atoms with Crippen LogP contribution in [0.15, 0.2) is 18.2 Å². The predicted octanol–water partition coefficient (Wildman–Crippen LogP) is 3.16. The number of carbonyl (C=O) groups excluding carboxylic acids is 2. The molecule has 0 unspecified atom stereocenters. The first kappa shape index (κ1) is 15.1. The van der Waals surface area contributed by atoms with Gasteiger partial charge in [0.2, 0.25) is 0 Å². The van der Waals surface area contributed by atoms with Crippen molar-refractivity contribution >= 4 is 35.1 Å². The first-order valence-electron chi connectivity index (χ1n) is 6.48. The molecule has 1 aliphatic rings. The van der Waals surface area contributed by atoms with Gasteiger partial charge >= 0.3 is 5.97 Å². The number of benzene rings is 1. The molecule has 1 fully saturated rings. The molecule has 1 amide bonds. The first-order chi connectivity index (χ1) is 9.58. The number of nitrogens with zero attached hydrogens (tertiary/aromatic N) is 1. The molecule has 0 spiro atoms. The van der Waals surface area contributed by atoms with E-state index in [1.54, 1.807) is 11.0 Å². The van der Waals surface area contributed by atoms with Crippen LogP contribution in [-0.2, 0) is 9.53 Å². The van der Waals surface area contributed by atoms with Crippen LogP contribution in [0.1, 0.15) is 29.6 Å². The van der Waals surface area contributed by atoms with Crippen LogP contribution in [0, 0.1) is 0 Å². The van der Waals surface area contributed by atoms with Gasteiger partial charge in [0.15, 0.2) is 6.61 Å². The molecule has 1 heterocycles. The molecule has 1 aromatic rings. The van der Waals surface area contributed by atoms with Crippen LogP contribution in [-0.4, -0.2) is 36.5 Å². The molecule has 0 bridgehead atoms. The van der Waals surface area contributed by atoms with Crippen molar-refractivity contribution in [2.75, 3.05) is 19.7 Å². The zero-order valence-corrected chi connectivity index (χ0v) is 12.4. The van der Waals surface area contributed by atoms with Crippen LogP contribution < -0.4 is 0 Å². The van der Waals surface area contributed by atoms with E-state index in [0.717, 1.165) is 32.4 Å². The Hall–Kier alpha value is -1.26. The maximum Gasteiger partial charge on any atom is 0.340 e. The lowest BCUT2D eigenvalue weighted by molar-refractivity contribution is -0.135. The van der Waals surface area contributed by atoms with E-state index in [4.69, 9.17) is 27.9 Å².